The Hall–Kier alpha value is -2.48. The zero-order valence-electron chi connectivity index (χ0n) is 10.5. The molecule has 0 atom stereocenters. The summed E-state index contributed by atoms with van der Waals surface area (Å²) in [5.41, 5.74) is 2.56. The number of hydrogen-bond donors (Lipinski definition) is 0. The van der Waals surface area contributed by atoms with Crippen LogP contribution in [0.2, 0.25) is 0 Å². The molecule has 0 unspecified atom stereocenters. The lowest BCUT2D eigenvalue weighted by Gasteiger charge is -2.08. The molecular formula is C17H14N2. The van der Waals surface area contributed by atoms with Crippen LogP contribution in [-0.4, -0.2) is 9.13 Å². The van der Waals surface area contributed by atoms with Crippen LogP contribution in [0.4, 0.5) is 0 Å². The highest BCUT2D eigenvalue weighted by Gasteiger charge is 2.03. The highest BCUT2D eigenvalue weighted by molar-refractivity contribution is 5.81. The molecule has 0 aliphatic carbocycles. The van der Waals surface area contributed by atoms with E-state index in [1.165, 1.54) is 21.8 Å². The van der Waals surface area contributed by atoms with Crippen LogP contribution in [0.1, 0.15) is 0 Å². The Kier molecular flexibility index (Phi) is 2.21. The Balaban J connectivity index is 1.82. The van der Waals surface area contributed by atoms with E-state index >= 15 is 0 Å². The van der Waals surface area contributed by atoms with Gasteiger partial charge >= 0.3 is 0 Å². The minimum absolute atomic E-state index is 0.848. The molecule has 4 rings (SSSR count). The van der Waals surface area contributed by atoms with Crippen LogP contribution < -0.4 is 0 Å². The number of fused-ring (bicyclic) bond motifs is 2. The summed E-state index contributed by atoms with van der Waals surface area (Å²) in [6, 6.07) is 21.3. The average molecular weight is 246 g/mol. The van der Waals surface area contributed by atoms with Crippen molar-refractivity contribution >= 4 is 21.8 Å². The van der Waals surface area contributed by atoms with Gasteiger partial charge in [0.25, 0.3) is 0 Å². The Labute approximate surface area is 111 Å². The van der Waals surface area contributed by atoms with Crippen LogP contribution in [0.25, 0.3) is 21.8 Å². The molecule has 92 valence electrons. The van der Waals surface area contributed by atoms with Gasteiger partial charge in [0.1, 0.15) is 0 Å². The van der Waals surface area contributed by atoms with E-state index in [4.69, 9.17) is 0 Å². The number of benzene rings is 2. The lowest BCUT2D eigenvalue weighted by Crippen LogP contribution is -2.05. The molecule has 2 aromatic heterocycles. The van der Waals surface area contributed by atoms with Gasteiger partial charge in [-0.1, -0.05) is 36.4 Å². The molecule has 0 fully saturated rings. The molecule has 0 aliphatic heterocycles. The number of hydrogen-bond acceptors (Lipinski definition) is 0. The van der Waals surface area contributed by atoms with Crippen molar-refractivity contribution in [3.05, 3.63) is 73.1 Å². The fourth-order valence-corrected chi connectivity index (χ4v) is 2.69. The van der Waals surface area contributed by atoms with Gasteiger partial charge in [-0.05, 0) is 35.0 Å². The van der Waals surface area contributed by atoms with Gasteiger partial charge in [0.05, 0.1) is 6.67 Å². The van der Waals surface area contributed by atoms with Crippen molar-refractivity contribution in [2.75, 3.05) is 0 Å². The SMILES string of the molecule is c1ccc2c(c1)ccn2Cn1ccc2ccccc21. The predicted octanol–water partition coefficient (Wildman–Crippen LogP) is 4.10. The molecular weight excluding hydrogens is 232 g/mol. The maximum Gasteiger partial charge on any atom is 0.0988 e. The Morgan fingerprint density at radius 1 is 0.579 bits per heavy atom. The molecule has 2 heteroatoms. The Morgan fingerprint density at radius 2 is 1.05 bits per heavy atom. The van der Waals surface area contributed by atoms with Crippen molar-refractivity contribution in [1.29, 1.82) is 0 Å². The smallest absolute Gasteiger partial charge is 0.0988 e. The molecule has 0 bridgehead atoms. The molecule has 0 saturated carbocycles. The highest BCUT2D eigenvalue weighted by Crippen LogP contribution is 2.18. The second-order valence-electron chi connectivity index (χ2n) is 4.83. The molecule has 4 aromatic rings. The van der Waals surface area contributed by atoms with Crippen molar-refractivity contribution in [3.8, 4) is 0 Å². The fourth-order valence-electron chi connectivity index (χ4n) is 2.69. The van der Waals surface area contributed by atoms with Crippen molar-refractivity contribution in [2.45, 2.75) is 6.67 Å². The first kappa shape index (κ1) is 10.4. The minimum Gasteiger partial charge on any atom is -0.329 e. The monoisotopic (exact) mass is 246 g/mol. The summed E-state index contributed by atoms with van der Waals surface area (Å²) >= 11 is 0. The first-order valence-electron chi connectivity index (χ1n) is 6.49. The third-order valence-corrected chi connectivity index (χ3v) is 3.67. The van der Waals surface area contributed by atoms with Gasteiger partial charge in [-0.25, -0.2) is 0 Å². The van der Waals surface area contributed by atoms with Crippen molar-refractivity contribution in [1.82, 2.24) is 9.13 Å². The summed E-state index contributed by atoms with van der Waals surface area (Å²) in [6.07, 6.45) is 4.30. The maximum absolute atomic E-state index is 2.28. The zero-order valence-corrected chi connectivity index (χ0v) is 10.5. The summed E-state index contributed by atoms with van der Waals surface area (Å²) in [4.78, 5) is 0. The normalized spacial score (nSPS) is 11.4. The molecule has 2 aromatic carbocycles. The number of aromatic nitrogens is 2. The average Bonchev–Trinajstić information content (AvgIpc) is 3.05. The summed E-state index contributed by atoms with van der Waals surface area (Å²) in [5.74, 6) is 0. The minimum atomic E-state index is 0.848. The van der Waals surface area contributed by atoms with Gasteiger partial charge in [-0.2, -0.15) is 0 Å². The van der Waals surface area contributed by atoms with E-state index in [0.29, 0.717) is 0 Å². The lowest BCUT2D eigenvalue weighted by molar-refractivity contribution is 0.647. The van der Waals surface area contributed by atoms with Crippen LogP contribution >= 0.6 is 0 Å². The van der Waals surface area contributed by atoms with Crippen LogP contribution in [-0.2, 0) is 6.67 Å². The summed E-state index contributed by atoms with van der Waals surface area (Å²) in [6.45, 7) is 0.848. The van der Waals surface area contributed by atoms with E-state index in [-0.39, 0.29) is 0 Å². The summed E-state index contributed by atoms with van der Waals surface area (Å²) in [7, 11) is 0. The molecule has 0 saturated heterocycles. The molecule has 2 heterocycles. The third kappa shape index (κ3) is 1.65. The van der Waals surface area contributed by atoms with E-state index < -0.39 is 0 Å². The van der Waals surface area contributed by atoms with Crippen molar-refractivity contribution in [3.63, 3.8) is 0 Å². The van der Waals surface area contributed by atoms with Crippen LogP contribution in [0.5, 0.6) is 0 Å². The number of nitrogens with zero attached hydrogens (tertiary/aromatic N) is 2. The van der Waals surface area contributed by atoms with Crippen LogP contribution in [0.15, 0.2) is 73.1 Å². The lowest BCUT2D eigenvalue weighted by atomic mass is 10.2. The van der Waals surface area contributed by atoms with Crippen molar-refractivity contribution < 1.29 is 0 Å². The van der Waals surface area contributed by atoms with E-state index in [1.54, 1.807) is 0 Å². The van der Waals surface area contributed by atoms with Gasteiger partial charge in [0.15, 0.2) is 0 Å². The topological polar surface area (TPSA) is 9.86 Å². The summed E-state index contributed by atoms with van der Waals surface area (Å²) in [5, 5.41) is 2.58. The largest absolute Gasteiger partial charge is 0.329 e. The van der Waals surface area contributed by atoms with Crippen LogP contribution in [0, 0.1) is 0 Å². The van der Waals surface area contributed by atoms with Gasteiger partial charge in [-0.3, -0.25) is 0 Å². The standard InChI is InChI=1S/C17H14N2/c1-3-7-16-14(5-1)9-11-18(16)13-19-12-10-15-6-2-4-8-17(15)19/h1-12H,13H2. The number of rotatable bonds is 2. The zero-order chi connectivity index (χ0) is 12.7. The molecule has 0 radical (unpaired) electrons. The summed E-state index contributed by atoms with van der Waals surface area (Å²) < 4.78 is 4.56. The molecule has 0 aliphatic rings. The second kappa shape index (κ2) is 4.02. The Morgan fingerprint density at radius 3 is 1.58 bits per heavy atom. The van der Waals surface area contributed by atoms with E-state index in [1.807, 2.05) is 0 Å². The fraction of sp³-hybridized carbons (Fsp3) is 0.0588. The molecule has 0 spiro atoms. The van der Waals surface area contributed by atoms with Gasteiger partial charge < -0.3 is 9.13 Å². The van der Waals surface area contributed by atoms with Crippen molar-refractivity contribution in [2.24, 2.45) is 0 Å². The molecule has 0 N–H and O–H groups in total. The molecule has 0 amide bonds. The van der Waals surface area contributed by atoms with Gasteiger partial charge in [-0.15, -0.1) is 0 Å². The quantitative estimate of drug-likeness (QED) is 0.504. The second-order valence-corrected chi connectivity index (χ2v) is 4.83. The molecule has 19 heavy (non-hydrogen) atoms. The predicted molar refractivity (Wildman–Crippen MR) is 79.3 cm³/mol. The maximum atomic E-state index is 2.28. The highest BCUT2D eigenvalue weighted by atomic mass is 15.1. The number of para-hydroxylation sites is 2. The third-order valence-electron chi connectivity index (χ3n) is 3.67. The van der Waals surface area contributed by atoms with E-state index in [9.17, 15) is 0 Å². The Bertz CT molecular complexity index is 780. The van der Waals surface area contributed by atoms with E-state index in [2.05, 4.69) is 82.2 Å². The van der Waals surface area contributed by atoms with Gasteiger partial charge in [0, 0.05) is 23.4 Å². The first-order valence-corrected chi connectivity index (χ1v) is 6.49. The van der Waals surface area contributed by atoms with Crippen LogP contribution in [0.3, 0.4) is 0 Å². The van der Waals surface area contributed by atoms with Gasteiger partial charge in [0.2, 0.25) is 0 Å². The molecule has 2 nitrogen and oxygen atoms in total. The first-order chi connectivity index (χ1) is 9.42. The van der Waals surface area contributed by atoms with E-state index in [0.717, 1.165) is 6.67 Å².